The van der Waals surface area contributed by atoms with Crippen molar-refractivity contribution in [2.75, 3.05) is 0 Å². The number of allylic oxidation sites excluding steroid dienone is 1. The first-order valence-corrected chi connectivity index (χ1v) is 11.6. The lowest BCUT2D eigenvalue weighted by atomic mass is 9.81. The molecule has 0 bridgehead atoms. The average molecular weight is 494 g/mol. The highest BCUT2D eigenvalue weighted by Gasteiger charge is 2.42. The normalized spacial score (nSPS) is 16.3. The van der Waals surface area contributed by atoms with Gasteiger partial charge in [-0.3, -0.25) is 4.79 Å². The van der Waals surface area contributed by atoms with Gasteiger partial charge in [-0.1, -0.05) is 78.4 Å². The molecular weight excluding hydrogens is 467 g/mol. The first-order valence-electron chi connectivity index (χ1n) is 11.6. The number of rotatable bonds is 6. The molecule has 0 saturated carbocycles. The zero-order chi connectivity index (χ0) is 25.9. The van der Waals surface area contributed by atoms with Gasteiger partial charge in [0.2, 0.25) is 5.91 Å². The molecule has 0 aliphatic carbocycles. The molecule has 1 aliphatic heterocycles. The lowest BCUT2D eigenvalue weighted by Crippen LogP contribution is -2.38. The number of esters is 1. The lowest BCUT2D eigenvalue weighted by molar-refractivity contribution is -0.143. The Bertz CT molecular complexity index is 1300. The summed E-state index contributed by atoms with van der Waals surface area (Å²) < 4.78 is 47.2. The highest BCUT2D eigenvalue weighted by molar-refractivity contribution is 5.96. The lowest BCUT2D eigenvalue weighted by Gasteiger charge is -2.35. The minimum Gasteiger partial charge on any atom is -0.457 e. The van der Waals surface area contributed by atoms with Crippen LogP contribution in [0.1, 0.15) is 47.1 Å². The summed E-state index contributed by atoms with van der Waals surface area (Å²) in [6.07, 6.45) is -4.91. The molecule has 3 aromatic carbocycles. The number of amides is 1. The van der Waals surface area contributed by atoms with Gasteiger partial charge in [-0.25, -0.2) is 4.79 Å². The standard InChI is InChI=1S/C29H26F3NO3/c1-19-9-8-12-22(15-19)17-33-20(2)27(28(35)36-18-21-10-4-3-5-11-21)24(16-26(33)34)23-13-6-7-14-25(23)29(30,31)32/h3-15,24H,16-18H2,1-2H3. The van der Waals surface area contributed by atoms with E-state index in [2.05, 4.69) is 0 Å². The van der Waals surface area contributed by atoms with Crippen LogP contribution in [0.2, 0.25) is 0 Å². The van der Waals surface area contributed by atoms with Crippen LogP contribution in [0.3, 0.4) is 0 Å². The summed E-state index contributed by atoms with van der Waals surface area (Å²) >= 11 is 0. The number of aryl methyl sites for hydroxylation is 1. The summed E-state index contributed by atoms with van der Waals surface area (Å²) in [5.74, 6) is -2.16. The number of ether oxygens (including phenoxy) is 1. The number of nitrogens with zero attached hydrogens (tertiary/aromatic N) is 1. The molecule has 4 rings (SSSR count). The van der Waals surface area contributed by atoms with E-state index < -0.39 is 23.6 Å². The zero-order valence-corrected chi connectivity index (χ0v) is 20.0. The van der Waals surface area contributed by atoms with Crippen molar-refractivity contribution in [2.24, 2.45) is 0 Å². The Labute approximate surface area is 208 Å². The molecule has 0 fully saturated rings. The van der Waals surface area contributed by atoms with E-state index in [1.807, 2.05) is 37.3 Å². The molecule has 0 saturated heterocycles. The molecule has 0 aromatic heterocycles. The number of hydrogen-bond acceptors (Lipinski definition) is 3. The van der Waals surface area contributed by atoms with Gasteiger partial charge >= 0.3 is 12.1 Å². The van der Waals surface area contributed by atoms with Gasteiger partial charge in [-0.2, -0.15) is 13.2 Å². The third kappa shape index (κ3) is 5.51. The largest absolute Gasteiger partial charge is 0.457 e. The fourth-order valence-electron chi connectivity index (χ4n) is 4.59. The van der Waals surface area contributed by atoms with E-state index >= 15 is 0 Å². The van der Waals surface area contributed by atoms with Crippen LogP contribution in [-0.2, 0) is 33.7 Å². The van der Waals surface area contributed by atoms with Gasteiger partial charge in [0.15, 0.2) is 0 Å². The summed E-state index contributed by atoms with van der Waals surface area (Å²) in [5.41, 5.74) is 2.00. The zero-order valence-electron chi connectivity index (χ0n) is 20.0. The fraction of sp³-hybridized carbons (Fsp3) is 0.241. The smallest absolute Gasteiger partial charge is 0.416 e. The maximum atomic E-state index is 13.9. The summed E-state index contributed by atoms with van der Waals surface area (Å²) in [5, 5.41) is 0. The molecule has 7 heteroatoms. The summed E-state index contributed by atoms with van der Waals surface area (Å²) in [6, 6.07) is 21.7. The second-order valence-electron chi connectivity index (χ2n) is 8.87. The maximum absolute atomic E-state index is 13.9. The van der Waals surface area contributed by atoms with Gasteiger partial charge in [-0.05, 0) is 36.6 Å². The van der Waals surface area contributed by atoms with Crippen LogP contribution < -0.4 is 0 Å². The van der Waals surface area contributed by atoms with Crippen molar-refractivity contribution in [3.8, 4) is 0 Å². The predicted molar refractivity (Wildman–Crippen MR) is 129 cm³/mol. The Kier molecular flexibility index (Phi) is 7.29. The van der Waals surface area contributed by atoms with E-state index in [9.17, 15) is 22.8 Å². The predicted octanol–water partition coefficient (Wildman–Crippen LogP) is 6.55. The minimum atomic E-state index is -4.63. The second kappa shape index (κ2) is 10.4. The van der Waals surface area contributed by atoms with Crippen LogP contribution in [0, 0.1) is 6.92 Å². The quantitative estimate of drug-likeness (QED) is 0.366. The molecule has 1 heterocycles. The molecule has 1 amide bonds. The van der Waals surface area contributed by atoms with E-state index in [-0.39, 0.29) is 36.6 Å². The number of halogens is 3. The SMILES string of the molecule is CC1=C(C(=O)OCc2ccccc2)C(c2ccccc2C(F)(F)F)CC(=O)N1Cc1cccc(C)c1. The Hall–Kier alpha value is -3.87. The molecule has 186 valence electrons. The van der Waals surface area contributed by atoms with Crippen molar-refractivity contribution in [3.05, 3.63) is 118 Å². The number of carbonyl (C=O) groups is 2. The van der Waals surface area contributed by atoms with Gasteiger partial charge < -0.3 is 9.64 Å². The first-order chi connectivity index (χ1) is 17.1. The molecular formula is C29H26F3NO3. The van der Waals surface area contributed by atoms with E-state index in [4.69, 9.17) is 4.74 Å². The van der Waals surface area contributed by atoms with Crippen molar-refractivity contribution in [2.45, 2.75) is 45.5 Å². The van der Waals surface area contributed by atoms with Crippen LogP contribution in [0.4, 0.5) is 13.2 Å². The van der Waals surface area contributed by atoms with Crippen molar-refractivity contribution < 1.29 is 27.5 Å². The molecule has 0 N–H and O–H groups in total. The number of hydrogen-bond donors (Lipinski definition) is 0. The number of benzene rings is 3. The Morgan fingerprint density at radius 2 is 1.61 bits per heavy atom. The topological polar surface area (TPSA) is 46.6 Å². The van der Waals surface area contributed by atoms with E-state index in [0.29, 0.717) is 5.70 Å². The molecule has 0 spiro atoms. The second-order valence-corrected chi connectivity index (χ2v) is 8.87. The molecule has 4 nitrogen and oxygen atoms in total. The van der Waals surface area contributed by atoms with E-state index in [0.717, 1.165) is 22.8 Å². The Morgan fingerprint density at radius 3 is 2.31 bits per heavy atom. The van der Waals surface area contributed by atoms with E-state index in [1.54, 1.807) is 31.2 Å². The van der Waals surface area contributed by atoms with Crippen molar-refractivity contribution in [1.82, 2.24) is 4.90 Å². The average Bonchev–Trinajstić information content (AvgIpc) is 2.85. The Balaban J connectivity index is 1.76. The molecule has 36 heavy (non-hydrogen) atoms. The first kappa shape index (κ1) is 25.2. The Morgan fingerprint density at radius 1 is 0.944 bits per heavy atom. The fourth-order valence-corrected chi connectivity index (χ4v) is 4.59. The molecule has 1 unspecified atom stereocenters. The van der Waals surface area contributed by atoms with Crippen molar-refractivity contribution in [1.29, 1.82) is 0 Å². The minimum absolute atomic E-state index is 0.0318. The van der Waals surface area contributed by atoms with Crippen LogP contribution in [0.25, 0.3) is 0 Å². The van der Waals surface area contributed by atoms with Gasteiger partial charge in [0.25, 0.3) is 0 Å². The summed E-state index contributed by atoms with van der Waals surface area (Å²) in [7, 11) is 0. The van der Waals surface area contributed by atoms with Gasteiger partial charge in [0, 0.05) is 18.0 Å². The summed E-state index contributed by atoms with van der Waals surface area (Å²) in [6.45, 7) is 3.70. The van der Waals surface area contributed by atoms with Crippen LogP contribution in [-0.4, -0.2) is 16.8 Å². The molecule has 3 aromatic rings. The summed E-state index contributed by atoms with van der Waals surface area (Å²) in [4.78, 5) is 28.1. The highest BCUT2D eigenvalue weighted by Crippen LogP contribution is 2.43. The van der Waals surface area contributed by atoms with Crippen LogP contribution >= 0.6 is 0 Å². The van der Waals surface area contributed by atoms with Gasteiger partial charge in [0.05, 0.1) is 17.7 Å². The monoisotopic (exact) mass is 493 g/mol. The maximum Gasteiger partial charge on any atom is 0.416 e. The van der Waals surface area contributed by atoms with Gasteiger partial charge in [0.1, 0.15) is 6.61 Å². The van der Waals surface area contributed by atoms with E-state index in [1.165, 1.54) is 23.1 Å². The molecule has 1 atom stereocenters. The molecule has 1 aliphatic rings. The van der Waals surface area contributed by atoms with Crippen LogP contribution in [0.5, 0.6) is 0 Å². The van der Waals surface area contributed by atoms with Gasteiger partial charge in [-0.15, -0.1) is 0 Å². The third-order valence-electron chi connectivity index (χ3n) is 6.32. The number of alkyl halides is 3. The third-order valence-corrected chi connectivity index (χ3v) is 6.32. The number of carbonyl (C=O) groups excluding carboxylic acids is 2. The van der Waals surface area contributed by atoms with Crippen molar-refractivity contribution >= 4 is 11.9 Å². The molecule has 0 radical (unpaired) electrons. The highest BCUT2D eigenvalue weighted by atomic mass is 19.4. The van der Waals surface area contributed by atoms with Crippen molar-refractivity contribution in [3.63, 3.8) is 0 Å². The van der Waals surface area contributed by atoms with Crippen LogP contribution in [0.15, 0.2) is 90.1 Å².